The molecule has 2 amide bonds. The predicted molar refractivity (Wildman–Crippen MR) is 116 cm³/mol. The van der Waals surface area contributed by atoms with Crippen LogP contribution in [0.25, 0.3) is 0 Å². The van der Waals surface area contributed by atoms with Gasteiger partial charge in [-0.05, 0) is 31.2 Å². The Kier molecular flexibility index (Phi) is 6.56. The third kappa shape index (κ3) is 4.71. The van der Waals surface area contributed by atoms with Crippen LogP contribution in [-0.4, -0.2) is 47.8 Å². The maximum atomic E-state index is 12.5. The standard InChI is InChI=1S/C21H23ClN4O4/c1-3-20(27)25-10-8-24(9-11-25)18-7-6-16(13-17(18)22)23-21(28)15-5-4-14(2)19(12-15)26(29)30/h4-7,12-13H,3,8-11H2,1-2H3,(H,23,28). The SMILES string of the molecule is CCC(=O)N1CCN(c2ccc(NC(=O)c3ccc(C)c([N+](=O)[O-])c3)cc2Cl)CC1. The van der Waals surface area contributed by atoms with Crippen LogP contribution in [-0.2, 0) is 4.79 Å². The second kappa shape index (κ2) is 9.13. The minimum absolute atomic E-state index is 0.100. The van der Waals surface area contributed by atoms with E-state index in [4.69, 9.17) is 11.6 Å². The summed E-state index contributed by atoms with van der Waals surface area (Å²) >= 11 is 6.44. The van der Waals surface area contributed by atoms with Crippen LogP contribution in [0.4, 0.5) is 17.1 Å². The van der Waals surface area contributed by atoms with Crippen molar-refractivity contribution in [1.29, 1.82) is 0 Å². The van der Waals surface area contributed by atoms with E-state index in [-0.39, 0.29) is 17.2 Å². The Balaban J connectivity index is 1.69. The topological polar surface area (TPSA) is 95.8 Å². The van der Waals surface area contributed by atoms with Crippen molar-refractivity contribution in [3.63, 3.8) is 0 Å². The van der Waals surface area contributed by atoms with Crippen LogP contribution in [0.5, 0.6) is 0 Å². The molecular formula is C21H23ClN4O4. The van der Waals surface area contributed by atoms with Gasteiger partial charge in [-0.25, -0.2) is 0 Å². The lowest BCUT2D eigenvalue weighted by atomic mass is 10.1. The summed E-state index contributed by atoms with van der Waals surface area (Å²) in [4.78, 5) is 38.9. The number of benzene rings is 2. The molecule has 0 radical (unpaired) electrons. The first-order valence-corrected chi connectivity index (χ1v) is 10.1. The molecule has 0 unspecified atom stereocenters. The molecule has 1 saturated heterocycles. The Hall–Kier alpha value is -3.13. The number of carbonyl (C=O) groups excluding carboxylic acids is 2. The Morgan fingerprint density at radius 2 is 1.83 bits per heavy atom. The number of nitro benzene ring substituents is 1. The van der Waals surface area contributed by atoms with Crippen molar-refractivity contribution >= 4 is 40.5 Å². The zero-order valence-electron chi connectivity index (χ0n) is 16.9. The minimum atomic E-state index is -0.508. The van der Waals surface area contributed by atoms with Crippen LogP contribution in [0.2, 0.25) is 5.02 Å². The average Bonchev–Trinajstić information content (AvgIpc) is 2.73. The molecule has 30 heavy (non-hydrogen) atoms. The normalized spacial score (nSPS) is 13.8. The van der Waals surface area contributed by atoms with Crippen LogP contribution in [0, 0.1) is 17.0 Å². The van der Waals surface area contributed by atoms with E-state index in [1.165, 1.54) is 6.07 Å². The number of nitrogens with one attached hydrogen (secondary N) is 1. The van der Waals surface area contributed by atoms with Gasteiger partial charge in [-0.15, -0.1) is 0 Å². The third-order valence-electron chi connectivity index (χ3n) is 5.15. The second-order valence-corrected chi connectivity index (χ2v) is 7.51. The van der Waals surface area contributed by atoms with Gasteiger partial charge >= 0.3 is 0 Å². The molecule has 8 nitrogen and oxygen atoms in total. The Bertz CT molecular complexity index is 987. The van der Waals surface area contributed by atoms with Crippen LogP contribution in [0.3, 0.4) is 0 Å². The van der Waals surface area contributed by atoms with Gasteiger partial charge in [-0.2, -0.15) is 0 Å². The van der Waals surface area contributed by atoms with Crippen molar-refractivity contribution in [2.45, 2.75) is 20.3 Å². The molecule has 0 aliphatic carbocycles. The molecule has 0 atom stereocenters. The maximum absolute atomic E-state index is 12.5. The van der Waals surface area contributed by atoms with Gasteiger partial charge < -0.3 is 15.1 Å². The molecule has 1 N–H and O–H groups in total. The van der Waals surface area contributed by atoms with E-state index in [9.17, 15) is 19.7 Å². The zero-order valence-corrected chi connectivity index (χ0v) is 17.6. The summed E-state index contributed by atoms with van der Waals surface area (Å²) in [5, 5.41) is 14.3. The molecule has 2 aromatic carbocycles. The van der Waals surface area contributed by atoms with Crippen molar-refractivity contribution in [3.05, 3.63) is 62.7 Å². The second-order valence-electron chi connectivity index (χ2n) is 7.10. The van der Waals surface area contributed by atoms with Gasteiger partial charge in [0.1, 0.15) is 0 Å². The quantitative estimate of drug-likeness (QED) is 0.573. The number of amides is 2. The van der Waals surface area contributed by atoms with Gasteiger partial charge in [0.05, 0.1) is 15.6 Å². The van der Waals surface area contributed by atoms with Gasteiger partial charge in [-0.3, -0.25) is 19.7 Å². The number of rotatable bonds is 5. The van der Waals surface area contributed by atoms with Crippen molar-refractivity contribution in [3.8, 4) is 0 Å². The van der Waals surface area contributed by atoms with E-state index in [2.05, 4.69) is 10.2 Å². The smallest absolute Gasteiger partial charge is 0.273 e. The zero-order chi connectivity index (χ0) is 21.8. The number of anilines is 2. The molecule has 0 aromatic heterocycles. The van der Waals surface area contributed by atoms with E-state index >= 15 is 0 Å². The van der Waals surface area contributed by atoms with Gasteiger partial charge in [0, 0.05) is 55.5 Å². The highest BCUT2D eigenvalue weighted by atomic mass is 35.5. The van der Waals surface area contributed by atoms with Gasteiger partial charge in [0.2, 0.25) is 5.91 Å². The molecule has 0 saturated carbocycles. The summed E-state index contributed by atoms with van der Waals surface area (Å²) in [5.41, 5.74) is 1.92. The summed E-state index contributed by atoms with van der Waals surface area (Å²) in [6, 6.07) is 9.58. The Labute approximate surface area is 179 Å². The average molecular weight is 431 g/mol. The minimum Gasteiger partial charge on any atom is -0.367 e. The van der Waals surface area contributed by atoms with E-state index in [1.54, 1.807) is 31.2 Å². The number of hydrogen-bond donors (Lipinski definition) is 1. The lowest BCUT2D eigenvalue weighted by Gasteiger charge is -2.36. The molecule has 9 heteroatoms. The molecule has 3 rings (SSSR count). The van der Waals surface area contributed by atoms with E-state index in [0.717, 1.165) is 5.69 Å². The summed E-state index contributed by atoms with van der Waals surface area (Å²) in [6.45, 7) is 6.14. The molecule has 1 fully saturated rings. The molecule has 1 aliphatic rings. The first kappa shape index (κ1) is 21.6. The highest BCUT2D eigenvalue weighted by Crippen LogP contribution is 2.30. The van der Waals surface area contributed by atoms with Gasteiger partial charge in [0.15, 0.2) is 0 Å². The monoisotopic (exact) mass is 430 g/mol. The molecule has 0 spiro atoms. The number of halogens is 1. The van der Waals surface area contributed by atoms with Crippen molar-refractivity contribution in [2.24, 2.45) is 0 Å². The summed E-state index contributed by atoms with van der Waals surface area (Å²) in [6.07, 6.45) is 0.499. The fraction of sp³-hybridized carbons (Fsp3) is 0.333. The number of carbonyl (C=O) groups is 2. The van der Waals surface area contributed by atoms with E-state index < -0.39 is 10.8 Å². The van der Waals surface area contributed by atoms with Crippen molar-refractivity contribution in [2.75, 3.05) is 36.4 Å². The van der Waals surface area contributed by atoms with Gasteiger partial charge in [-0.1, -0.05) is 24.6 Å². The third-order valence-corrected chi connectivity index (χ3v) is 5.45. The van der Waals surface area contributed by atoms with Crippen LogP contribution >= 0.6 is 11.6 Å². The summed E-state index contributed by atoms with van der Waals surface area (Å²) in [5.74, 6) is -0.302. The molecule has 1 aliphatic heterocycles. The predicted octanol–water partition coefficient (Wildman–Crippen LogP) is 3.87. The van der Waals surface area contributed by atoms with Crippen molar-refractivity contribution < 1.29 is 14.5 Å². The molecule has 0 bridgehead atoms. The Morgan fingerprint density at radius 3 is 2.43 bits per heavy atom. The summed E-state index contributed by atoms with van der Waals surface area (Å²) in [7, 11) is 0. The lowest BCUT2D eigenvalue weighted by Crippen LogP contribution is -2.48. The lowest BCUT2D eigenvalue weighted by molar-refractivity contribution is -0.385. The number of aryl methyl sites for hydroxylation is 1. The van der Waals surface area contributed by atoms with Crippen LogP contribution in [0.15, 0.2) is 36.4 Å². The van der Waals surface area contributed by atoms with Crippen LogP contribution in [0.1, 0.15) is 29.3 Å². The van der Waals surface area contributed by atoms with Crippen molar-refractivity contribution in [1.82, 2.24) is 4.90 Å². The van der Waals surface area contributed by atoms with Crippen LogP contribution < -0.4 is 10.2 Å². The first-order chi connectivity index (χ1) is 14.3. The fourth-order valence-corrected chi connectivity index (χ4v) is 3.71. The number of hydrogen-bond acceptors (Lipinski definition) is 5. The Morgan fingerprint density at radius 1 is 1.13 bits per heavy atom. The summed E-state index contributed by atoms with van der Waals surface area (Å²) < 4.78 is 0. The molecule has 2 aromatic rings. The highest BCUT2D eigenvalue weighted by Gasteiger charge is 2.22. The number of nitro groups is 1. The molecule has 1 heterocycles. The maximum Gasteiger partial charge on any atom is 0.273 e. The molecular weight excluding hydrogens is 408 g/mol. The van der Waals surface area contributed by atoms with Gasteiger partial charge in [0.25, 0.3) is 11.6 Å². The number of nitrogens with zero attached hydrogens (tertiary/aromatic N) is 3. The van der Waals surface area contributed by atoms with E-state index in [1.807, 2.05) is 17.9 Å². The van der Waals surface area contributed by atoms with E-state index in [0.29, 0.717) is 48.9 Å². The highest BCUT2D eigenvalue weighted by molar-refractivity contribution is 6.33. The molecule has 158 valence electrons. The fourth-order valence-electron chi connectivity index (χ4n) is 3.41. The largest absolute Gasteiger partial charge is 0.367 e. The first-order valence-electron chi connectivity index (χ1n) is 9.68. The number of piperazine rings is 1.